The molecule has 3 nitrogen and oxygen atoms in total. The molecule has 1 aromatic carbocycles. The topological polar surface area (TPSA) is 30.7 Å². The van der Waals surface area contributed by atoms with Gasteiger partial charge in [0.05, 0.1) is 10.9 Å². The van der Waals surface area contributed by atoms with E-state index in [0.717, 1.165) is 41.6 Å². The predicted octanol–water partition coefficient (Wildman–Crippen LogP) is 6.55. The van der Waals surface area contributed by atoms with Gasteiger partial charge in [-0.25, -0.2) is 0 Å². The fourth-order valence-electron chi connectivity index (χ4n) is 3.10. The number of aromatic nitrogens is 1. The summed E-state index contributed by atoms with van der Waals surface area (Å²) in [5.74, 6) is 0.389. The van der Waals surface area contributed by atoms with Crippen LogP contribution in [0.15, 0.2) is 48.7 Å². The molecule has 0 spiro atoms. The first-order valence-electron chi connectivity index (χ1n) is 9.43. The van der Waals surface area contributed by atoms with Crippen LogP contribution in [0.3, 0.4) is 0 Å². The van der Waals surface area contributed by atoms with E-state index in [0.29, 0.717) is 10.8 Å². The molecule has 0 fully saturated rings. The van der Waals surface area contributed by atoms with Crippen molar-refractivity contribution in [2.75, 3.05) is 0 Å². The number of pyridine rings is 1. The number of ether oxygens (including phenoxy) is 1. The SMILES string of the molecule is CCCCc1c(-c2ccc(Cl)cc2)c(OC(=O)C(C)(C)C)c2ccccn12. The summed E-state index contributed by atoms with van der Waals surface area (Å²) in [4.78, 5) is 12.7. The van der Waals surface area contributed by atoms with Gasteiger partial charge in [0, 0.05) is 22.5 Å². The minimum atomic E-state index is -0.579. The highest BCUT2D eigenvalue weighted by Crippen LogP contribution is 2.41. The van der Waals surface area contributed by atoms with Crippen LogP contribution in [0.4, 0.5) is 0 Å². The molecule has 0 aliphatic heterocycles. The second kappa shape index (κ2) is 7.77. The number of carbonyl (C=O) groups excluding carboxylic acids is 1. The van der Waals surface area contributed by atoms with Crippen molar-refractivity contribution < 1.29 is 9.53 Å². The Morgan fingerprint density at radius 1 is 1.11 bits per heavy atom. The van der Waals surface area contributed by atoms with Gasteiger partial charge in [0.2, 0.25) is 0 Å². The van der Waals surface area contributed by atoms with Crippen molar-refractivity contribution in [1.29, 1.82) is 0 Å². The van der Waals surface area contributed by atoms with Gasteiger partial charge in [0.25, 0.3) is 0 Å². The molecular weight excluding hydrogens is 358 g/mol. The number of aryl methyl sites for hydroxylation is 1. The van der Waals surface area contributed by atoms with Crippen molar-refractivity contribution in [2.24, 2.45) is 5.41 Å². The normalized spacial score (nSPS) is 11.7. The summed E-state index contributed by atoms with van der Waals surface area (Å²) < 4.78 is 8.12. The van der Waals surface area contributed by atoms with E-state index in [1.807, 2.05) is 69.4 Å². The quantitative estimate of drug-likeness (QED) is 0.467. The van der Waals surface area contributed by atoms with Crippen LogP contribution < -0.4 is 4.74 Å². The standard InChI is InChI=1S/C23H26ClNO2/c1-5-6-9-18-20(16-11-13-17(24)14-12-16)21(27-22(26)23(2,3)4)19-10-7-8-15-25(18)19/h7-8,10-15H,5-6,9H2,1-4H3. The molecule has 27 heavy (non-hydrogen) atoms. The molecule has 0 aliphatic carbocycles. The zero-order valence-corrected chi connectivity index (χ0v) is 17.1. The van der Waals surface area contributed by atoms with Crippen LogP contribution in [0, 0.1) is 5.41 Å². The largest absolute Gasteiger partial charge is 0.423 e. The van der Waals surface area contributed by atoms with E-state index in [1.165, 1.54) is 0 Å². The van der Waals surface area contributed by atoms with Gasteiger partial charge in [-0.1, -0.05) is 43.1 Å². The molecule has 0 N–H and O–H groups in total. The molecule has 142 valence electrons. The van der Waals surface area contributed by atoms with E-state index in [4.69, 9.17) is 16.3 Å². The van der Waals surface area contributed by atoms with Crippen LogP contribution in [0.2, 0.25) is 5.02 Å². The molecule has 2 aromatic heterocycles. The Kier molecular flexibility index (Phi) is 5.61. The molecule has 0 bridgehead atoms. The number of esters is 1. The van der Waals surface area contributed by atoms with Gasteiger partial charge >= 0.3 is 5.97 Å². The Morgan fingerprint density at radius 2 is 1.81 bits per heavy atom. The number of unbranched alkanes of at least 4 members (excludes halogenated alkanes) is 1. The number of rotatable bonds is 5. The van der Waals surface area contributed by atoms with Gasteiger partial charge < -0.3 is 9.14 Å². The fraction of sp³-hybridized carbons (Fsp3) is 0.348. The molecular formula is C23H26ClNO2. The smallest absolute Gasteiger partial charge is 0.316 e. The third kappa shape index (κ3) is 4.03. The van der Waals surface area contributed by atoms with Gasteiger partial charge in [-0.3, -0.25) is 4.79 Å². The summed E-state index contributed by atoms with van der Waals surface area (Å²) in [7, 11) is 0. The van der Waals surface area contributed by atoms with E-state index in [2.05, 4.69) is 11.3 Å². The van der Waals surface area contributed by atoms with Gasteiger partial charge in [-0.15, -0.1) is 0 Å². The van der Waals surface area contributed by atoms with Crippen molar-refractivity contribution in [3.63, 3.8) is 0 Å². The van der Waals surface area contributed by atoms with Gasteiger partial charge in [-0.2, -0.15) is 0 Å². The second-order valence-corrected chi connectivity index (χ2v) is 8.29. The highest BCUT2D eigenvalue weighted by molar-refractivity contribution is 6.30. The number of nitrogens with zero attached hydrogens (tertiary/aromatic N) is 1. The molecule has 0 unspecified atom stereocenters. The maximum Gasteiger partial charge on any atom is 0.316 e. The van der Waals surface area contributed by atoms with Crippen molar-refractivity contribution in [2.45, 2.75) is 47.0 Å². The van der Waals surface area contributed by atoms with E-state index >= 15 is 0 Å². The highest BCUT2D eigenvalue weighted by atomic mass is 35.5. The highest BCUT2D eigenvalue weighted by Gasteiger charge is 2.28. The van der Waals surface area contributed by atoms with Crippen LogP contribution >= 0.6 is 11.6 Å². The minimum Gasteiger partial charge on any atom is -0.423 e. The molecule has 0 atom stereocenters. The van der Waals surface area contributed by atoms with Crippen LogP contribution in [0.5, 0.6) is 5.75 Å². The number of halogens is 1. The van der Waals surface area contributed by atoms with Crippen molar-refractivity contribution in [3.8, 4) is 16.9 Å². The van der Waals surface area contributed by atoms with E-state index in [9.17, 15) is 4.79 Å². The summed E-state index contributed by atoms with van der Waals surface area (Å²) >= 11 is 6.09. The lowest BCUT2D eigenvalue weighted by Gasteiger charge is -2.17. The molecule has 4 heteroatoms. The summed E-state index contributed by atoms with van der Waals surface area (Å²) in [6.07, 6.45) is 5.10. The summed E-state index contributed by atoms with van der Waals surface area (Å²) in [5.41, 5.74) is 3.47. The summed E-state index contributed by atoms with van der Waals surface area (Å²) in [6.45, 7) is 7.78. The number of hydrogen-bond donors (Lipinski definition) is 0. The monoisotopic (exact) mass is 383 g/mol. The molecule has 2 heterocycles. The van der Waals surface area contributed by atoms with Crippen molar-refractivity contribution in [1.82, 2.24) is 4.40 Å². The maximum absolute atomic E-state index is 12.7. The van der Waals surface area contributed by atoms with Gasteiger partial charge in [0.15, 0.2) is 5.75 Å². The Balaban J connectivity index is 2.25. The summed E-state index contributed by atoms with van der Waals surface area (Å²) in [6, 6.07) is 13.7. The van der Waals surface area contributed by atoms with Crippen LogP contribution in [0.1, 0.15) is 46.2 Å². The molecule has 0 radical (unpaired) electrons. The number of carbonyl (C=O) groups is 1. The molecule has 0 saturated carbocycles. The third-order valence-electron chi connectivity index (χ3n) is 4.61. The fourth-order valence-corrected chi connectivity index (χ4v) is 3.22. The van der Waals surface area contributed by atoms with Crippen LogP contribution in [-0.2, 0) is 11.2 Å². The lowest BCUT2D eigenvalue weighted by molar-refractivity contribution is -0.142. The first-order chi connectivity index (χ1) is 12.8. The molecule has 0 amide bonds. The van der Waals surface area contributed by atoms with Gasteiger partial charge in [-0.05, 0) is 63.4 Å². The third-order valence-corrected chi connectivity index (χ3v) is 4.86. The Hall–Kier alpha value is -2.26. The zero-order chi connectivity index (χ0) is 19.6. The van der Waals surface area contributed by atoms with E-state index < -0.39 is 5.41 Å². The van der Waals surface area contributed by atoms with E-state index in [-0.39, 0.29) is 5.97 Å². The molecule has 0 aliphatic rings. The van der Waals surface area contributed by atoms with Crippen molar-refractivity contribution in [3.05, 3.63) is 59.4 Å². The molecule has 3 rings (SSSR count). The van der Waals surface area contributed by atoms with Crippen molar-refractivity contribution >= 4 is 23.1 Å². The molecule has 3 aromatic rings. The first-order valence-corrected chi connectivity index (χ1v) is 9.81. The Labute approximate surface area is 165 Å². The van der Waals surface area contributed by atoms with Crippen LogP contribution in [-0.4, -0.2) is 10.4 Å². The average molecular weight is 384 g/mol. The first kappa shape index (κ1) is 19.5. The number of benzene rings is 1. The van der Waals surface area contributed by atoms with Crippen LogP contribution in [0.25, 0.3) is 16.6 Å². The average Bonchev–Trinajstić information content (AvgIpc) is 2.93. The number of hydrogen-bond acceptors (Lipinski definition) is 2. The Bertz CT molecular complexity index is 949. The number of fused-ring (bicyclic) bond motifs is 1. The lowest BCUT2D eigenvalue weighted by atomic mass is 9.97. The Morgan fingerprint density at radius 3 is 2.44 bits per heavy atom. The minimum absolute atomic E-state index is 0.240. The molecule has 0 saturated heterocycles. The zero-order valence-electron chi connectivity index (χ0n) is 16.4. The lowest BCUT2D eigenvalue weighted by Crippen LogP contribution is -2.25. The predicted molar refractivity (Wildman–Crippen MR) is 112 cm³/mol. The maximum atomic E-state index is 12.7. The summed E-state index contributed by atoms with van der Waals surface area (Å²) in [5, 5.41) is 0.686. The second-order valence-electron chi connectivity index (χ2n) is 7.86. The van der Waals surface area contributed by atoms with Gasteiger partial charge in [0.1, 0.15) is 0 Å². The van der Waals surface area contributed by atoms with E-state index in [1.54, 1.807) is 0 Å².